The lowest BCUT2D eigenvalue weighted by Crippen LogP contribution is -2.44. The van der Waals surface area contributed by atoms with Gasteiger partial charge in [0.25, 0.3) is 0 Å². The molecule has 2 aromatic carbocycles. The Balaban J connectivity index is 1.68. The van der Waals surface area contributed by atoms with E-state index in [0.29, 0.717) is 19.8 Å². The number of hydrogen-bond donors (Lipinski definition) is 1. The van der Waals surface area contributed by atoms with E-state index in [1.165, 1.54) is 17.7 Å². The molecule has 1 aliphatic rings. The molecule has 27 heavy (non-hydrogen) atoms. The average molecular weight is 391 g/mol. The first-order valence-corrected chi connectivity index (χ1v) is 9.50. The Morgan fingerprint density at radius 2 is 1.93 bits per heavy atom. The molecule has 0 bridgehead atoms. The Hall–Kier alpha value is -1.95. The fraction of sp³-hybridized carbons (Fsp3) is 0.381. The van der Waals surface area contributed by atoms with Crippen LogP contribution in [0.15, 0.2) is 42.5 Å². The molecular formula is C21H24ClFN2O2. The van der Waals surface area contributed by atoms with Crippen molar-refractivity contribution in [2.45, 2.75) is 19.4 Å². The molecule has 0 radical (unpaired) electrons. The molecule has 0 saturated carbocycles. The van der Waals surface area contributed by atoms with Crippen LogP contribution in [0.1, 0.15) is 22.7 Å². The first kappa shape index (κ1) is 19.8. The quantitative estimate of drug-likeness (QED) is 0.820. The van der Waals surface area contributed by atoms with Gasteiger partial charge in [0.1, 0.15) is 5.82 Å². The van der Waals surface area contributed by atoms with Crippen LogP contribution < -0.4 is 5.32 Å². The van der Waals surface area contributed by atoms with Crippen molar-refractivity contribution in [3.05, 3.63) is 70.0 Å². The number of nitrogens with one attached hydrogen (secondary N) is 1. The van der Waals surface area contributed by atoms with Gasteiger partial charge in [0, 0.05) is 30.2 Å². The summed E-state index contributed by atoms with van der Waals surface area (Å²) in [6, 6.07) is 12.8. The third kappa shape index (κ3) is 5.28. The highest BCUT2D eigenvalue weighted by Gasteiger charge is 2.23. The van der Waals surface area contributed by atoms with Crippen molar-refractivity contribution >= 4 is 17.5 Å². The third-order valence-electron chi connectivity index (χ3n) is 4.84. The minimum Gasteiger partial charge on any atom is -0.379 e. The zero-order valence-corrected chi connectivity index (χ0v) is 16.1. The van der Waals surface area contributed by atoms with Crippen LogP contribution in [0, 0.1) is 12.7 Å². The van der Waals surface area contributed by atoms with E-state index in [0.717, 1.165) is 18.7 Å². The summed E-state index contributed by atoms with van der Waals surface area (Å²) in [7, 11) is 0. The van der Waals surface area contributed by atoms with Crippen LogP contribution >= 0.6 is 11.6 Å². The molecule has 0 aromatic heterocycles. The number of rotatable bonds is 6. The maximum atomic E-state index is 13.9. The third-order valence-corrected chi connectivity index (χ3v) is 5.19. The SMILES string of the molecule is Cc1ccc(C(CNC(=O)Cc2c(F)cccc2Cl)N2CCOCC2)cc1. The topological polar surface area (TPSA) is 41.6 Å². The summed E-state index contributed by atoms with van der Waals surface area (Å²) < 4.78 is 19.4. The van der Waals surface area contributed by atoms with Crippen molar-refractivity contribution < 1.29 is 13.9 Å². The molecule has 1 unspecified atom stereocenters. The molecule has 1 amide bonds. The molecule has 1 N–H and O–H groups in total. The standard InChI is InChI=1S/C21H24ClFN2O2/c1-15-5-7-16(8-6-15)20(25-9-11-27-12-10-25)14-24-21(26)13-17-18(22)3-2-4-19(17)23/h2-8,20H,9-14H2,1H3,(H,24,26). The Labute approximate surface area is 164 Å². The van der Waals surface area contributed by atoms with Crippen molar-refractivity contribution in [3.8, 4) is 0 Å². The second-order valence-electron chi connectivity index (χ2n) is 6.76. The number of halogens is 2. The number of carbonyl (C=O) groups excluding carboxylic acids is 1. The van der Waals surface area contributed by atoms with E-state index >= 15 is 0 Å². The maximum Gasteiger partial charge on any atom is 0.224 e. The summed E-state index contributed by atoms with van der Waals surface area (Å²) >= 11 is 6.03. The first-order chi connectivity index (χ1) is 13.0. The molecular weight excluding hydrogens is 367 g/mol. The Kier molecular flexibility index (Phi) is 6.83. The molecule has 1 aliphatic heterocycles. The second kappa shape index (κ2) is 9.31. The molecule has 3 rings (SSSR count). The number of hydrogen-bond acceptors (Lipinski definition) is 3. The maximum absolute atomic E-state index is 13.9. The highest BCUT2D eigenvalue weighted by Crippen LogP contribution is 2.23. The highest BCUT2D eigenvalue weighted by atomic mass is 35.5. The van der Waals surface area contributed by atoms with Gasteiger partial charge < -0.3 is 10.1 Å². The fourth-order valence-electron chi connectivity index (χ4n) is 3.27. The average Bonchev–Trinajstić information content (AvgIpc) is 2.67. The molecule has 4 nitrogen and oxygen atoms in total. The predicted octanol–water partition coefficient (Wildman–Crippen LogP) is 3.52. The van der Waals surface area contributed by atoms with Gasteiger partial charge in [-0.1, -0.05) is 47.5 Å². The lowest BCUT2D eigenvalue weighted by molar-refractivity contribution is -0.120. The number of carbonyl (C=O) groups is 1. The van der Waals surface area contributed by atoms with E-state index in [2.05, 4.69) is 34.5 Å². The number of ether oxygens (including phenoxy) is 1. The Morgan fingerprint density at radius 3 is 2.59 bits per heavy atom. The zero-order chi connectivity index (χ0) is 19.2. The molecule has 1 heterocycles. The number of morpholine rings is 1. The molecule has 0 aliphatic carbocycles. The summed E-state index contributed by atoms with van der Waals surface area (Å²) in [5.74, 6) is -0.701. The number of benzene rings is 2. The lowest BCUT2D eigenvalue weighted by Gasteiger charge is -2.35. The zero-order valence-electron chi connectivity index (χ0n) is 15.4. The van der Waals surface area contributed by atoms with Crippen molar-refractivity contribution in [1.82, 2.24) is 10.2 Å². The molecule has 2 aromatic rings. The van der Waals surface area contributed by atoms with Gasteiger partial charge in [-0.3, -0.25) is 9.69 Å². The van der Waals surface area contributed by atoms with Gasteiger partial charge in [0.15, 0.2) is 0 Å². The van der Waals surface area contributed by atoms with Crippen LogP contribution in [0.25, 0.3) is 0 Å². The summed E-state index contributed by atoms with van der Waals surface area (Å²) in [4.78, 5) is 14.7. The van der Waals surface area contributed by atoms with Gasteiger partial charge in [-0.2, -0.15) is 0 Å². The van der Waals surface area contributed by atoms with E-state index in [4.69, 9.17) is 16.3 Å². The van der Waals surface area contributed by atoms with Gasteiger partial charge in [0.05, 0.1) is 25.7 Å². The smallest absolute Gasteiger partial charge is 0.224 e. The summed E-state index contributed by atoms with van der Waals surface area (Å²) in [6.07, 6.45) is -0.0742. The lowest BCUT2D eigenvalue weighted by atomic mass is 10.0. The second-order valence-corrected chi connectivity index (χ2v) is 7.16. The van der Waals surface area contributed by atoms with Crippen molar-refractivity contribution in [2.75, 3.05) is 32.8 Å². The molecule has 144 valence electrons. The Bertz CT molecular complexity index is 756. The van der Waals surface area contributed by atoms with E-state index in [-0.39, 0.29) is 29.0 Å². The van der Waals surface area contributed by atoms with Crippen molar-refractivity contribution in [3.63, 3.8) is 0 Å². The summed E-state index contributed by atoms with van der Waals surface area (Å²) in [5, 5.41) is 3.22. The van der Waals surface area contributed by atoms with Gasteiger partial charge in [0.2, 0.25) is 5.91 Å². The van der Waals surface area contributed by atoms with Crippen LogP contribution in [-0.2, 0) is 16.0 Å². The largest absolute Gasteiger partial charge is 0.379 e. The van der Waals surface area contributed by atoms with Crippen LogP contribution in [0.3, 0.4) is 0 Å². The van der Waals surface area contributed by atoms with E-state index in [1.54, 1.807) is 6.07 Å². The van der Waals surface area contributed by atoms with E-state index in [9.17, 15) is 9.18 Å². The number of amides is 1. The predicted molar refractivity (Wildman–Crippen MR) is 104 cm³/mol. The van der Waals surface area contributed by atoms with Crippen molar-refractivity contribution in [2.24, 2.45) is 0 Å². The van der Waals surface area contributed by atoms with E-state index in [1.807, 2.05) is 6.92 Å². The molecule has 1 fully saturated rings. The molecule has 0 spiro atoms. The van der Waals surface area contributed by atoms with Gasteiger partial charge in [-0.15, -0.1) is 0 Å². The van der Waals surface area contributed by atoms with Crippen molar-refractivity contribution in [1.29, 1.82) is 0 Å². The van der Waals surface area contributed by atoms with Crippen LogP contribution in [0.4, 0.5) is 4.39 Å². The Morgan fingerprint density at radius 1 is 1.22 bits per heavy atom. The number of aryl methyl sites for hydroxylation is 1. The molecule has 1 atom stereocenters. The normalized spacial score (nSPS) is 16.1. The van der Waals surface area contributed by atoms with Gasteiger partial charge >= 0.3 is 0 Å². The first-order valence-electron chi connectivity index (χ1n) is 9.12. The monoisotopic (exact) mass is 390 g/mol. The van der Waals surface area contributed by atoms with Crippen LogP contribution in [0.5, 0.6) is 0 Å². The minimum atomic E-state index is -0.457. The fourth-order valence-corrected chi connectivity index (χ4v) is 3.50. The van der Waals surface area contributed by atoms with E-state index < -0.39 is 5.82 Å². The van der Waals surface area contributed by atoms with Crippen LogP contribution in [-0.4, -0.2) is 43.7 Å². The number of nitrogens with zero attached hydrogens (tertiary/aromatic N) is 1. The summed E-state index contributed by atoms with van der Waals surface area (Å²) in [5.41, 5.74) is 2.57. The molecule has 1 saturated heterocycles. The van der Waals surface area contributed by atoms with Crippen LogP contribution in [0.2, 0.25) is 5.02 Å². The highest BCUT2D eigenvalue weighted by molar-refractivity contribution is 6.31. The summed E-state index contributed by atoms with van der Waals surface area (Å²) in [6.45, 7) is 5.49. The van der Waals surface area contributed by atoms with Gasteiger partial charge in [-0.25, -0.2) is 4.39 Å². The van der Waals surface area contributed by atoms with Gasteiger partial charge in [-0.05, 0) is 24.6 Å². The minimum absolute atomic E-state index is 0.0505. The molecule has 6 heteroatoms.